The molecule has 37 heteroatoms. The Balaban J connectivity index is 1.68. The maximum atomic E-state index is 15.3. The van der Waals surface area contributed by atoms with Gasteiger partial charge in [0.05, 0.1) is 12.1 Å². The average molecular weight is 1630 g/mol. The van der Waals surface area contributed by atoms with Gasteiger partial charge in [-0.2, -0.15) is 12.6 Å². The van der Waals surface area contributed by atoms with Crippen molar-refractivity contribution in [2.75, 3.05) is 31.9 Å². The number of aromatic hydroxyl groups is 1. The summed E-state index contributed by atoms with van der Waals surface area (Å²) in [5.74, 6) is -13.0. The van der Waals surface area contributed by atoms with Crippen LogP contribution in [0.3, 0.4) is 0 Å². The van der Waals surface area contributed by atoms with Gasteiger partial charge in [0.25, 0.3) is 0 Å². The number of amides is 12. The molecular formula is C78H122N20O16S. The van der Waals surface area contributed by atoms with Gasteiger partial charge in [0.15, 0.2) is 5.96 Å². The third-order valence-electron chi connectivity index (χ3n) is 19.4. The Hall–Kier alpha value is -10.5. The van der Waals surface area contributed by atoms with E-state index in [1.165, 1.54) is 38.1 Å². The van der Waals surface area contributed by atoms with Gasteiger partial charge in [0.1, 0.15) is 72.2 Å². The lowest BCUT2D eigenvalue weighted by Gasteiger charge is -2.30. The van der Waals surface area contributed by atoms with Crippen LogP contribution >= 0.6 is 12.6 Å². The Morgan fingerprint density at radius 1 is 0.452 bits per heavy atom. The molecule has 0 unspecified atom stereocenters. The molecule has 4 aromatic rings. The molecule has 0 saturated heterocycles. The SMILES string of the molecule is CC[C@H](C)[C@H](NC(=O)[C@H](CCCCN)NC(=O)[C@H](Cc1ccc(O)cc1)NC(=O)[C@H](Cc1c[nH]c2ccccc12)NC(=O)[C@@H](NC(=O)[C@H](CCCCCCN)NC(=O)[C@H](CCCCCCN)NC(=O)[C@@H](N)CS)[C@@H](C)O)C(=O)N[C@@H](C)C(=O)N[C@@H](Cc1ccccc1)C(=O)N[C@@H](CCC(N)=O)C(=O)N[C@@H](CCCN=C(N)N)C(=O)O. The van der Waals surface area contributed by atoms with Crippen LogP contribution in [0.4, 0.5) is 0 Å². The number of para-hydroxylation sites is 1. The van der Waals surface area contributed by atoms with Gasteiger partial charge >= 0.3 is 5.97 Å². The molecule has 0 bridgehead atoms. The molecule has 0 saturated carbocycles. The summed E-state index contributed by atoms with van der Waals surface area (Å²) in [6.07, 6.45) is 4.62. The molecule has 4 rings (SSSR count). The summed E-state index contributed by atoms with van der Waals surface area (Å²) in [6, 6.07) is 3.91. The number of aliphatic hydroxyl groups is 1. The number of rotatable bonds is 56. The molecule has 0 aliphatic carbocycles. The standard InChI is InChI=1S/C78H122N20O16S/c1-5-45(2)64(75(111)88-46(3)66(102)94-60(40-48-22-11-10-12-23-48)72(108)92-58(34-35-63(83)101)69(105)93-59(77(113)114)29-21-39-86-78(84)85)97-70(106)57(28-17-20-38-81)91-73(109)61(41-49-30-32-51(100)33-31-49)95-74(110)62(42-50-43-87-54-25-16-15-24-52(50)54)96-76(112)65(47(4)99)98-71(107)56(27-14-7-9-19-37-80)90-68(104)55(26-13-6-8-18-36-79)89-67(103)53(82)44-115/h10-12,15-16,22-25,30-33,43,45-47,53,55-62,64-65,87,99-100,115H,5-9,13-14,17-21,26-29,34-42,44,79-82H2,1-4H3,(H2,83,101)(H,88,111)(H,89,103)(H,90,104)(H,91,109)(H,92,108)(H,93,105)(H,94,102)(H,95,110)(H,96,112)(H,97,106)(H,98,107)(H,113,114)(H4,84,85,86)/t45-,46-,47+,53-,55-,56-,57-,58-,59-,60-,61-,62-,64-,65-/m0/s1. The van der Waals surface area contributed by atoms with Crippen LogP contribution in [-0.4, -0.2) is 214 Å². The highest BCUT2D eigenvalue weighted by molar-refractivity contribution is 7.80. The van der Waals surface area contributed by atoms with E-state index in [4.69, 9.17) is 40.1 Å². The maximum absolute atomic E-state index is 15.3. The Kier molecular flexibility index (Phi) is 43.9. The summed E-state index contributed by atoms with van der Waals surface area (Å²) in [5, 5.41) is 61.5. The van der Waals surface area contributed by atoms with Crippen molar-refractivity contribution in [1.82, 2.24) is 63.5 Å². The minimum atomic E-state index is -1.79. The summed E-state index contributed by atoms with van der Waals surface area (Å²) >= 11 is 4.14. The molecule has 0 radical (unpaired) electrons. The highest BCUT2D eigenvalue weighted by Gasteiger charge is 2.39. The number of aliphatic carboxylic acids is 1. The number of hydrogen-bond donors (Lipinski definition) is 23. The van der Waals surface area contributed by atoms with Gasteiger partial charge in [0.2, 0.25) is 70.9 Å². The van der Waals surface area contributed by atoms with E-state index in [9.17, 15) is 68.1 Å². The Morgan fingerprint density at radius 2 is 0.861 bits per heavy atom. The first-order valence-corrected chi connectivity index (χ1v) is 39.9. The molecule has 115 heavy (non-hydrogen) atoms. The number of nitrogens with zero attached hydrogens (tertiary/aromatic N) is 1. The Labute approximate surface area is 676 Å². The molecule has 29 N–H and O–H groups in total. The van der Waals surface area contributed by atoms with Crippen molar-refractivity contribution in [2.24, 2.45) is 51.0 Å². The van der Waals surface area contributed by atoms with Gasteiger partial charge in [-0.3, -0.25) is 62.5 Å². The van der Waals surface area contributed by atoms with Gasteiger partial charge in [-0.15, -0.1) is 0 Å². The number of carboxylic acids is 1. The predicted octanol–water partition coefficient (Wildman–Crippen LogP) is -1.71. The van der Waals surface area contributed by atoms with Gasteiger partial charge in [-0.05, 0) is 138 Å². The van der Waals surface area contributed by atoms with Crippen molar-refractivity contribution < 1.29 is 77.6 Å². The summed E-state index contributed by atoms with van der Waals surface area (Å²) < 4.78 is 0. The number of carbonyl (C=O) groups excluding carboxylic acids is 12. The third kappa shape index (κ3) is 35.0. The number of aromatic amines is 1. The second-order valence-corrected chi connectivity index (χ2v) is 29.2. The fraction of sp³-hybridized carbons (Fsp3) is 0.564. The van der Waals surface area contributed by atoms with E-state index in [2.05, 4.69) is 81.1 Å². The van der Waals surface area contributed by atoms with Gasteiger partial charge < -0.3 is 119 Å². The third-order valence-corrected chi connectivity index (χ3v) is 19.8. The molecule has 0 fully saturated rings. The number of nitrogens with two attached hydrogens (primary N) is 7. The number of unbranched alkanes of at least 4 members (excludes halogenated alkanes) is 7. The highest BCUT2D eigenvalue weighted by atomic mass is 32.1. The number of phenolic OH excluding ortho intramolecular Hbond substituents is 1. The number of phenols is 1. The van der Waals surface area contributed by atoms with Crippen molar-refractivity contribution >= 4 is 106 Å². The Morgan fingerprint density at radius 3 is 1.37 bits per heavy atom. The summed E-state index contributed by atoms with van der Waals surface area (Å²) in [7, 11) is 0. The minimum absolute atomic E-state index is 0.0216. The van der Waals surface area contributed by atoms with E-state index in [0.717, 1.165) is 12.8 Å². The van der Waals surface area contributed by atoms with Gasteiger partial charge in [0, 0.05) is 55.1 Å². The molecule has 0 spiro atoms. The average Bonchev–Trinajstić information content (AvgIpc) is 1.79. The monoisotopic (exact) mass is 1630 g/mol. The minimum Gasteiger partial charge on any atom is -0.508 e. The van der Waals surface area contributed by atoms with Crippen LogP contribution in [0.2, 0.25) is 0 Å². The molecule has 0 aliphatic heterocycles. The zero-order chi connectivity index (χ0) is 85.1. The lowest BCUT2D eigenvalue weighted by molar-refractivity contribution is -0.142. The molecule has 3 aromatic carbocycles. The number of guanidine groups is 1. The number of primary amides is 1. The smallest absolute Gasteiger partial charge is 0.326 e. The summed E-state index contributed by atoms with van der Waals surface area (Å²) in [6.45, 7) is 7.05. The lowest BCUT2D eigenvalue weighted by atomic mass is 9.96. The second kappa shape index (κ2) is 52.1. The number of fused-ring (bicyclic) bond motifs is 1. The number of aliphatic imine (C=N–C) groups is 1. The number of carboxylic acid groups (broad SMARTS) is 1. The van der Waals surface area contributed by atoms with E-state index in [1.54, 1.807) is 74.6 Å². The number of hydrogen-bond acceptors (Lipinski definition) is 21. The topological polar surface area (TPSA) is 625 Å². The van der Waals surface area contributed by atoms with Crippen LogP contribution in [0.25, 0.3) is 10.9 Å². The first kappa shape index (κ1) is 96.9. The molecule has 1 aromatic heterocycles. The van der Waals surface area contributed by atoms with Crippen molar-refractivity contribution in [3.8, 4) is 5.75 Å². The van der Waals surface area contributed by atoms with Crippen molar-refractivity contribution in [1.29, 1.82) is 0 Å². The quantitative estimate of drug-likeness (QED) is 0.0101. The highest BCUT2D eigenvalue weighted by Crippen LogP contribution is 2.22. The molecule has 636 valence electrons. The van der Waals surface area contributed by atoms with E-state index in [-0.39, 0.29) is 101 Å². The predicted molar refractivity (Wildman–Crippen MR) is 437 cm³/mol. The van der Waals surface area contributed by atoms with E-state index in [1.807, 2.05) is 0 Å². The second-order valence-electron chi connectivity index (χ2n) is 28.8. The fourth-order valence-electron chi connectivity index (χ4n) is 12.4. The summed E-state index contributed by atoms with van der Waals surface area (Å²) in [4.78, 5) is 190. The molecular weight excluding hydrogens is 1510 g/mol. The number of aromatic nitrogens is 1. The van der Waals surface area contributed by atoms with Crippen LogP contribution in [-0.2, 0) is 81.6 Å². The first-order valence-electron chi connectivity index (χ1n) is 39.3. The molecule has 1 heterocycles. The normalized spacial score (nSPS) is 14.9. The zero-order valence-corrected chi connectivity index (χ0v) is 67.0. The van der Waals surface area contributed by atoms with Gasteiger partial charge in [-0.25, -0.2) is 4.79 Å². The fourth-order valence-corrected chi connectivity index (χ4v) is 12.6. The lowest BCUT2D eigenvalue weighted by Crippen LogP contribution is -2.62. The van der Waals surface area contributed by atoms with E-state index >= 15 is 9.59 Å². The molecule has 36 nitrogen and oxygen atoms in total. The number of nitrogens with one attached hydrogen (secondary N) is 12. The van der Waals surface area contributed by atoms with Crippen LogP contribution in [0.15, 0.2) is 90.1 Å². The molecule has 14 atom stereocenters. The van der Waals surface area contributed by atoms with E-state index < -0.39 is 168 Å². The maximum Gasteiger partial charge on any atom is 0.326 e. The Bertz CT molecular complexity index is 3810. The van der Waals surface area contributed by atoms with Crippen LogP contribution in [0.1, 0.15) is 160 Å². The van der Waals surface area contributed by atoms with Crippen LogP contribution < -0.4 is 98.6 Å². The molecule has 0 aliphatic rings. The number of benzene rings is 3. The number of thiol groups is 1. The van der Waals surface area contributed by atoms with Crippen molar-refractivity contribution in [3.63, 3.8) is 0 Å². The van der Waals surface area contributed by atoms with Crippen LogP contribution in [0, 0.1) is 5.92 Å². The van der Waals surface area contributed by atoms with Crippen molar-refractivity contribution in [2.45, 2.75) is 241 Å². The van der Waals surface area contributed by atoms with E-state index in [0.29, 0.717) is 85.6 Å². The number of H-pyrrole nitrogens is 1. The van der Waals surface area contributed by atoms with Gasteiger partial charge in [-0.1, -0.05) is 119 Å². The number of aliphatic hydroxyl groups excluding tert-OH is 1. The van der Waals surface area contributed by atoms with Crippen molar-refractivity contribution in [3.05, 3.63) is 102 Å². The van der Waals surface area contributed by atoms with Crippen LogP contribution in [0.5, 0.6) is 5.75 Å². The largest absolute Gasteiger partial charge is 0.508 e. The number of carbonyl (C=O) groups is 13. The molecule has 12 amide bonds. The summed E-state index contributed by atoms with van der Waals surface area (Å²) in [5.41, 5.74) is 41.7. The zero-order valence-electron chi connectivity index (χ0n) is 66.1. The first-order chi connectivity index (χ1) is 54.8.